The van der Waals surface area contributed by atoms with Gasteiger partial charge in [0.2, 0.25) is 0 Å². The molecule has 0 aliphatic carbocycles. The third kappa shape index (κ3) is 8.20. The van der Waals surface area contributed by atoms with E-state index >= 15 is 0 Å². The Bertz CT molecular complexity index is 758. The average molecular weight is 385 g/mol. The van der Waals surface area contributed by atoms with Crippen LogP contribution in [-0.4, -0.2) is 21.5 Å². The summed E-state index contributed by atoms with van der Waals surface area (Å²) >= 11 is 0. The van der Waals surface area contributed by atoms with Gasteiger partial charge in [-0.15, -0.1) is 0 Å². The van der Waals surface area contributed by atoms with Gasteiger partial charge in [0.1, 0.15) is 5.60 Å². The number of rotatable bonds is 10. The summed E-state index contributed by atoms with van der Waals surface area (Å²) in [6, 6.07) is 0. The Labute approximate surface area is 170 Å². The third-order valence-corrected chi connectivity index (χ3v) is 4.89. The summed E-state index contributed by atoms with van der Waals surface area (Å²) in [5.74, 6) is -0.299. The van der Waals surface area contributed by atoms with E-state index in [2.05, 4.69) is 49.5 Å². The van der Waals surface area contributed by atoms with Gasteiger partial charge in [0.15, 0.2) is 0 Å². The Balaban J connectivity index is 2.63. The highest BCUT2D eigenvalue weighted by molar-refractivity contribution is 5.73. The van der Waals surface area contributed by atoms with Gasteiger partial charge in [-0.05, 0) is 80.2 Å². The third-order valence-electron chi connectivity index (χ3n) is 4.89. The predicted molar refractivity (Wildman–Crippen MR) is 116 cm³/mol. The topological polar surface area (TPSA) is 52.1 Å². The minimum absolute atomic E-state index is 0.126. The fraction of sp³-hybridized carbons (Fsp3) is 0.542. The van der Waals surface area contributed by atoms with Gasteiger partial charge in [0, 0.05) is 0 Å². The molecule has 1 atom stereocenters. The van der Waals surface area contributed by atoms with Gasteiger partial charge in [-0.1, -0.05) is 29.9 Å². The zero-order chi connectivity index (χ0) is 21.3. The number of aromatic nitrogens is 2. The molecule has 0 bridgehead atoms. The second-order valence-corrected chi connectivity index (χ2v) is 8.00. The maximum absolute atomic E-state index is 12.5. The molecule has 0 saturated carbocycles. The van der Waals surface area contributed by atoms with Crippen molar-refractivity contribution in [2.24, 2.45) is 0 Å². The van der Waals surface area contributed by atoms with Crippen LogP contribution >= 0.6 is 0 Å². The largest absolute Gasteiger partial charge is 0.455 e. The second kappa shape index (κ2) is 10.9. The quantitative estimate of drug-likeness (QED) is 0.372. The molecular formula is C24H36N2O2. The molecule has 4 nitrogen and oxygen atoms in total. The molecule has 0 radical (unpaired) electrons. The summed E-state index contributed by atoms with van der Waals surface area (Å²) in [4.78, 5) is 21.4. The van der Waals surface area contributed by atoms with Crippen LogP contribution in [0.15, 0.2) is 36.0 Å². The van der Waals surface area contributed by atoms with Crippen LogP contribution in [0.25, 0.3) is 0 Å². The molecule has 0 aromatic carbocycles. The van der Waals surface area contributed by atoms with E-state index in [9.17, 15) is 4.79 Å². The number of esters is 1. The van der Waals surface area contributed by atoms with Crippen LogP contribution in [-0.2, 0) is 16.0 Å². The maximum atomic E-state index is 12.5. The van der Waals surface area contributed by atoms with E-state index in [0.717, 1.165) is 36.3 Å². The van der Waals surface area contributed by atoms with Crippen molar-refractivity contribution in [1.29, 1.82) is 0 Å². The molecule has 1 rings (SSSR count). The molecule has 1 heterocycles. The molecule has 154 valence electrons. The standard InChI is InChI=1S/C24H36N2O2/c1-9-24(8,15-11-14-18(4)13-10-12-17(2)3)28-23(27)16-22-21(7)25-19(5)20(6)26-22/h9,12,14H,1,10-11,13,15-16H2,2-8H3/b18-14+. The van der Waals surface area contributed by atoms with Crippen LogP contribution < -0.4 is 0 Å². The molecule has 1 aromatic rings. The molecule has 0 aliphatic heterocycles. The van der Waals surface area contributed by atoms with Crippen molar-refractivity contribution in [2.45, 2.75) is 86.2 Å². The normalized spacial score (nSPS) is 13.6. The van der Waals surface area contributed by atoms with E-state index < -0.39 is 5.60 Å². The van der Waals surface area contributed by atoms with Crippen molar-refractivity contribution >= 4 is 5.97 Å². The Morgan fingerprint density at radius 2 is 1.68 bits per heavy atom. The SMILES string of the molecule is C=CC(C)(CC/C=C(\C)CCC=C(C)C)OC(=O)Cc1nc(C)c(C)nc1C. The van der Waals surface area contributed by atoms with Crippen LogP contribution in [0, 0.1) is 20.8 Å². The number of nitrogens with zero attached hydrogens (tertiary/aromatic N) is 2. The lowest BCUT2D eigenvalue weighted by Gasteiger charge is -2.26. The molecule has 0 N–H and O–H groups in total. The van der Waals surface area contributed by atoms with Crippen LogP contribution in [0.2, 0.25) is 0 Å². The highest BCUT2D eigenvalue weighted by atomic mass is 16.6. The highest BCUT2D eigenvalue weighted by Crippen LogP contribution is 2.22. The van der Waals surface area contributed by atoms with Crippen molar-refractivity contribution in [3.8, 4) is 0 Å². The molecule has 0 aliphatic rings. The van der Waals surface area contributed by atoms with Crippen molar-refractivity contribution in [2.75, 3.05) is 0 Å². The van der Waals surface area contributed by atoms with Crippen molar-refractivity contribution in [3.63, 3.8) is 0 Å². The molecule has 0 amide bonds. The van der Waals surface area contributed by atoms with Gasteiger partial charge in [0.25, 0.3) is 0 Å². The number of hydrogen-bond donors (Lipinski definition) is 0. The summed E-state index contributed by atoms with van der Waals surface area (Å²) in [5.41, 5.74) is 5.20. The van der Waals surface area contributed by atoms with E-state index in [-0.39, 0.29) is 12.4 Å². The summed E-state index contributed by atoms with van der Waals surface area (Å²) in [7, 11) is 0. The fourth-order valence-corrected chi connectivity index (χ4v) is 2.85. The number of ether oxygens (including phenoxy) is 1. The van der Waals surface area contributed by atoms with Gasteiger partial charge < -0.3 is 4.74 Å². The Morgan fingerprint density at radius 1 is 1.04 bits per heavy atom. The number of allylic oxidation sites excluding steroid dienone is 4. The predicted octanol–water partition coefficient (Wildman–Crippen LogP) is 5.91. The Hall–Kier alpha value is -2.23. The summed E-state index contributed by atoms with van der Waals surface area (Å²) in [6.07, 6.45) is 10.0. The van der Waals surface area contributed by atoms with E-state index in [0.29, 0.717) is 12.1 Å². The molecular weight excluding hydrogens is 348 g/mol. The smallest absolute Gasteiger partial charge is 0.312 e. The highest BCUT2D eigenvalue weighted by Gasteiger charge is 2.25. The molecule has 0 fully saturated rings. The zero-order valence-corrected chi connectivity index (χ0v) is 18.7. The fourth-order valence-electron chi connectivity index (χ4n) is 2.85. The lowest BCUT2D eigenvalue weighted by Crippen LogP contribution is -2.30. The molecule has 0 saturated heterocycles. The Morgan fingerprint density at radius 3 is 2.29 bits per heavy atom. The van der Waals surface area contributed by atoms with Crippen LogP contribution in [0.4, 0.5) is 0 Å². The summed E-state index contributed by atoms with van der Waals surface area (Å²) < 4.78 is 5.75. The van der Waals surface area contributed by atoms with Gasteiger partial charge in [-0.25, -0.2) is 0 Å². The number of carbonyl (C=O) groups excluding carboxylic acids is 1. The molecule has 1 aromatic heterocycles. The first-order chi connectivity index (χ1) is 13.1. The number of hydrogen-bond acceptors (Lipinski definition) is 4. The lowest BCUT2D eigenvalue weighted by atomic mass is 9.98. The zero-order valence-electron chi connectivity index (χ0n) is 18.7. The van der Waals surface area contributed by atoms with Crippen molar-refractivity contribution in [3.05, 3.63) is 58.7 Å². The first-order valence-corrected chi connectivity index (χ1v) is 10.0. The van der Waals surface area contributed by atoms with Gasteiger partial charge in [0.05, 0.1) is 29.2 Å². The van der Waals surface area contributed by atoms with Crippen LogP contribution in [0.1, 0.15) is 76.2 Å². The number of aryl methyl sites for hydroxylation is 3. The number of carbonyl (C=O) groups is 1. The molecule has 1 unspecified atom stereocenters. The summed E-state index contributed by atoms with van der Waals surface area (Å²) in [5, 5.41) is 0. The van der Waals surface area contributed by atoms with E-state index in [1.54, 1.807) is 6.08 Å². The molecule has 4 heteroatoms. The Kier molecular flexibility index (Phi) is 9.30. The lowest BCUT2D eigenvalue weighted by molar-refractivity contribution is -0.153. The van der Waals surface area contributed by atoms with E-state index in [1.165, 1.54) is 11.1 Å². The first-order valence-electron chi connectivity index (χ1n) is 10.0. The van der Waals surface area contributed by atoms with Gasteiger partial charge in [-0.2, -0.15) is 0 Å². The second-order valence-electron chi connectivity index (χ2n) is 8.00. The maximum Gasteiger partial charge on any atom is 0.312 e. The average Bonchev–Trinajstić information content (AvgIpc) is 2.59. The monoisotopic (exact) mass is 384 g/mol. The molecule has 28 heavy (non-hydrogen) atoms. The van der Waals surface area contributed by atoms with Crippen LogP contribution in [0.5, 0.6) is 0 Å². The van der Waals surface area contributed by atoms with E-state index in [1.807, 2.05) is 27.7 Å². The minimum Gasteiger partial charge on any atom is -0.455 e. The minimum atomic E-state index is -0.686. The molecule has 0 spiro atoms. The summed E-state index contributed by atoms with van der Waals surface area (Å²) in [6.45, 7) is 17.9. The van der Waals surface area contributed by atoms with Gasteiger partial charge >= 0.3 is 5.97 Å². The van der Waals surface area contributed by atoms with E-state index in [4.69, 9.17) is 4.74 Å². The van der Waals surface area contributed by atoms with Crippen LogP contribution in [0.3, 0.4) is 0 Å². The van der Waals surface area contributed by atoms with Crippen molar-refractivity contribution < 1.29 is 9.53 Å². The van der Waals surface area contributed by atoms with Gasteiger partial charge in [-0.3, -0.25) is 14.8 Å². The van der Waals surface area contributed by atoms with Crippen molar-refractivity contribution in [1.82, 2.24) is 9.97 Å². The first kappa shape index (κ1) is 23.8.